The van der Waals surface area contributed by atoms with E-state index < -0.39 is 0 Å². The molecule has 0 heterocycles. The van der Waals surface area contributed by atoms with Crippen molar-refractivity contribution in [3.05, 3.63) is 11.1 Å². The third-order valence-electron chi connectivity index (χ3n) is 9.56. The lowest BCUT2D eigenvalue weighted by Gasteiger charge is -2.54. The smallest absolute Gasteiger partial charge is 0.00793 e. The van der Waals surface area contributed by atoms with Crippen LogP contribution in [-0.2, 0) is 0 Å². The van der Waals surface area contributed by atoms with Crippen molar-refractivity contribution in [2.45, 2.75) is 111 Å². The van der Waals surface area contributed by atoms with Crippen LogP contribution < -0.4 is 5.73 Å². The van der Waals surface area contributed by atoms with Crippen LogP contribution in [0.1, 0.15) is 105 Å². The van der Waals surface area contributed by atoms with E-state index in [1.165, 1.54) is 77.0 Å². The number of unbranched alkanes of at least 4 members (excludes halogenated alkanes) is 1. The molecule has 0 saturated heterocycles. The third kappa shape index (κ3) is 3.67. The Balaban J connectivity index is 1.46. The lowest BCUT2D eigenvalue weighted by Crippen LogP contribution is -2.45. The Labute approximate surface area is 168 Å². The fourth-order valence-electron chi connectivity index (χ4n) is 8.08. The van der Waals surface area contributed by atoms with Crippen molar-refractivity contribution in [2.75, 3.05) is 0 Å². The summed E-state index contributed by atoms with van der Waals surface area (Å²) in [6, 6.07) is 0.443. The van der Waals surface area contributed by atoms with Gasteiger partial charge in [0.1, 0.15) is 0 Å². The first-order valence-electron chi connectivity index (χ1n) is 12.4. The first-order valence-corrected chi connectivity index (χ1v) is 12.4. The Morgan fingerprint density at radius 1 is 1.07 bits per heavy atom. The van der Waals surface area contributed by atoms with E-state index in [1.807, 2.05) is 11.1 Å². The molecule has 0 aliphatic heterocycles. The molecule has 0 aromatic carbocycles. The van der Waals surface area contributed by atoms with Crippen LogP contribution in [0.2, 0.25) is 0 Å². The van der Waals surface area contributed by atoms with E-state index >= 15 is 0 Å². The molecule has 27 heavy (non-hydrogen) atoms. The van der Waals surface area contributed by atoms with Gasteiger partial charge in [-0.15, -0.1) is 0 Å². The normalized spacial score (nSPS) is 44.2. The minimum absolute atomic E-state index is 0.443. The summed E-state index contributed by atoms with van der Waals surface area (Å²) in [5.41, 5.74) is 10.7. The monoisotopic (exact) mass is 371 g/mol. The van der Waals surface area contributed by atoms with Crippen LogP contribution in [-0.4, -0.2) is 6.04 Å². The van der Waals surface area contributed by atoms with Crippen molar-refractivity contribution in [1.82, 2.24) is 0 Å². The van der Waals surface area contributed by atoms with E-state index in [1.54, 1.807) is 0 Å². The molecule has 0 bridgehead atoms. The van der Waals surface area contributed by atoms with Crippen molar-refractivity contribution in [3.63, 3.8) is 0 Å². The van der Waals surface area contributed by atoms with Crippen LogP contribution in [0.3, 0.4) is 0 Å². The van der Waals surface area contributed by atoms with Gasteiger partial charge in [0, 0.05) is 6.04 Å². The second-order valence-corrected chi connectivity index (χ2v) is 11.6. The molecule has 2 fully saturated rings. The molecule has 2 saturated carbocycles. The SMILES string of the molecule is CC(C)CCCCC1CCC2C3CC(C)C4=C(CCC(N)C4)C3CCC12C. The van der Waals surface area contributed by atoms with Gasteiger partial charge >= 0.3 is 0 Å². The minimum atomic E-state index is 0.443. The Hall–Kier alpha value is -0.300. The Bertz CT molecular complexity index is 561. The van der Waals surface area contributed by atoms with E-state index in [0.717, 1.165) is 35.5 Å². The summed E-state index contributed by atoms with van der Waals surface area (Å²) in [5, 5.41) is 0. The molecule has 0 spiro atoms. The number of allylic oxidation sites excluding steroid dienone is 1. The zero-order chi connectivity index (χ0) is 19.2. The molecule has 1 nitrogen and oxygen atoms in total. The average molecular weight is 372 g/mol. The highest BCUT2D eigenvalue weighted by Crippen LogP contribution is 2.64. The summed E-state index contributed by atoms with van der Waals surface area (Å²) < 4.78 is 0. The van der Waals surface area contributed by atoms with Crippen LogP contribution in [0.4, 0.5) is 0 Å². The van der Waals surface area contributed by atoms with E-state index in [2.05, 4.69) is 27.7 Å². The van der Waals surface area contributed by atoms with Crippen LogP contribution in [0, 0.1) is 40.9 Å². The average Bonchev–Trinajstić information content (AvgIpc) is 2.96. The quantitative estimate of drug-likeness (QED) is 0.404. The summed E-state index contributed by atoms with van der Waals surface area (Å²) in [5.74, 6) is 5.63. The van der Waals surface area contributed by atoms with Crippen molar-refractivity contribution in [2.24, 2.45) is 46.7 Å². The van der Waals surface area contributed by atoms with Gasteiger partial charge in [-0.05, 0) is 98.7 Å². The molecule has 4 aliphatic rings. The highest BCUT2D eigenvalue weighted by molar-refractivity contribution is 5.29. The predicted octanol–water partition coefficient (Wildman–Crippen LogP) is 7.11. The van der Waals surface area contributed by atoms with Crippen LogP contribution in [0.15, 0.2) is 11.1 Å². The number of hydrogen-bond acceptors (Lipinski definition) is 1. The maximum absolute atomic E-state index is 6.34. The summed E-state index contributed by atoms with van der Waals surface area (Å²) >= 11 is 0. The molecular formula is C26H45N. The van der Waals surface area contributed by atoms with Gasteiger partial charge in [-0.25, -0.2) is 0 Å². The molecule has 0 radical (unpaired) electrons. The first kappa shape index (κ1) is 20.0. The second-order valence-electron chi connectivity index (χ2n) is 11.6. The highest BCUT2D eigenvalue weighted by atomic mass is 14.7. The number of nitrogens with two attached hydrogens (primary N) is 1. The molecule has 154 valence electrons. The van der Waals surface area contributed by atoms with Gasteiger partial charge in [-0.3, -0.25) is 0 Å². The van der Waals surface area contributed by atoms with Crippen molar-refractivity contribution < 1.29 is 0 Å². The molecule has 7 unspecified atom stereocenters. The Morgan fingerprint density at radius 2 is 1.89 bits per heavy atom. The topological polar surface area (TPSA) is 26.0 Å². The van der Waals surface area contributed by atoms with Crippen molar-refractivity contribution in [1.29, 1.82) is 0 Å². The maximum Gasteiger partial charge on any atom is 0.00793 e. The highest BCUT2D eigenvalue weighted by Gasteiger charge is 2.55. The van der Waals surface area contributed by atoms with Crippen LogP contribution in [0.25, 0.3) is 0 Å². The number of rotatable bonds is 5. The second kappa shape index (κ2) is 7.85. The zero-order valence-electron chi connectivity index (χ0n) is 18.6. The summed E-state index contributed by atoms with van der Waals surface area (Å²) in [4.78, 5) is 0. The molecule has 7 atom stereocenters. The van der Waals surface area contributed by atoms with Crippen molar-refractivity contribution >= 4 is 0 Å². The van der Waals surface area contributed by atoms with E-state index in [4.69, 9.17) is 5.73 Å². The van der Waals surface area contributed by atoms with Crippen LogP contribution in [0.5, 0.6) is 0 Å². The fourth-order valence-corrected chi connectivity index (χ4v) is 8.08. The van der Waals surface area contributed by atoms with Gasteiger partial charge in [0.15, 0.2) is 0 Å². The first-order chi connectivity index (χ1) is 12.9. The predicted molar refractivity (Wildman–Crippen MR) is 116 cm³/mol. The van der Waals surface area contributed by atoms with Gasteiger partial charge < -0.3 is 5.73 Å². The molecule has 4 rings (SSSR count). The lowest BCUT2D eigenvalue weighted by atomic mass is 9.51. The van der Waals surface area contributed by atoms with Gasteiger partial charge in [0.25, 0.3) is 0 Å². The van der Waals surface area contributed by atoms with Gasteiger partial charge in [0.2, 0.25) is 0 Å². The molecule has 0 aromatic heterocycles. The molecule has 0 aromatic rings. The Kier molecular flexibility index (Phi) is 5.81. The zero-order valence-corrected chi connectivity index (χ0v) is 18.6. The summed E-state index contributed by atoms with van der Waals surface area (Å²) in [6.07, 6.45) is 17.2. The Morgan fingerprint density at radius 3 is 2.67 bits per heavy atom. The standard InChI is InChI=1S/C26H45N/c1-17(2)7-5-6-8-19-9-12-25-24-15-18(3)23-16-20(27)10-11-21(23)22(24)13-14-26(19,25)4/h17-20,22,24-25H,5-16,27H2,1-4H3. The minimum Gasteiger partial charge on any atom is -0.327 e. The van der Waals surface area contributed by atoms with Gasteiger partial charge in [-0.2, -0.15) is 0 Å². The van der Waals surface area contributed by atoms with E-state index in [9.17, 15) is 0 Å². The fraction of sp³-hybridized carbons (Fsp3) is 0.923. The third-order valence-corrected chi connectivity index (χ3v) is 9.56. The lowest BCUT2D eigenvalue weighted by molar-refractivity contribution is 0.00355. The van der Waals surface area contributed by atoms with Gasteiger partial charge in [-0.1, -0.05) is 58.1 Å². The van der Waals surface area contributed by atoms with Crippen molar-refractivity contribution in [3.8, 4) is 0 Å². The van der Waals surface area contributed by atoms with Gasteiger partial charge in [0.05, 0.1) is 0 Å². The molecule has 0 amide bonds. The van der Waals surface area contributed by atoms with E-state index in [-0.39, 0.29) is 0 Å². The number of fused-ring (bicyclic) bond motifs is 4. The molecule has 2 N–H and O–H groups in total. The summed E-state index contributed by atoms with van der Waals surface area (Å²) in [7, 11) is 0. The van der Waals surface area contributed by atoms with E-state index in [0.29, 0.717) is 11.5 Å². The largest absolute Gasteiger partial charge is 0.327 e. The molecular weight excluding hydrogens is 326 g/mol. The number of hydrogen-bond donors (Lipinski definition) is 1. The summed E-state index contributed by atoms with van der Waals surface area (Å²) in [6.45, 7) is 9.98. The maximum atomic E-state index is 6.34. The molecule has 4 aliphatic carbocycles. The van der Waals surface area contributed by atoms with Crippen LogP contribution >= 0.6 is 0 Å². The molecule has 1 heteroatoms.